The number of rotatable bonds is 15. The molecule has 0 aliphatic rings. The van der Waals surface area contributed by atoms with Crippen LogP contribution >= 0.6 is 20.2 Å². The van der Waals surface area contributed by atoms with E-state index in [1.165, 1.54) is 0 Å². The number of nitrogens with zero attached hydrogens (tertiary/aromatic N) is 2. The van der Waals surface area contributed by atoms with Gasteiger partial charge < -0.3 is 19.7 Å². The Morgan fingerprint density at radius 3 is 1.66 bits per heavy atom. The largest absolute Gasteiger partial charge is 0.344 e. The van der Waals surface area contributed by atoms with Crippen molar-refractivity contribution in [1.29, 1.82) is 0 Å². The van der Waals surface area contributed by atoms with Crippen molar-refractivity contribution < 1.29 is 18.8 Å². The maximum Gasteiger partial charge on any atom is 0.195 e. The van der Waals surface area contributed by atoms with Gasteiger partial charge in [-0.1, -0.05) is 18.7 Å². The summed E-state index contributed by atoms with van der Waals surface area (Å²) >= 11 is 1.13. The molecule has 0 rings (SSSR count). The number of carbonyl (C=O) groups excluding carboxylic acids is 1. The van der Waals surface area contributed by atoms with Crippen LogP contribution in [-0.4, -0.2) is 64.2 Å². The van der Waals surface area contributed by atoms with Gasteiger partial charge >= 0.3 is 0 Å². The van der Waals surface area contributed by atoms with Gasteiger partial charge in [0.05, 0.1) is 0 Å². The number of ether oxygens (including phenoxy) is 2. The summed E-state index contributed by atoms with van der Waals surface area (Å²) in [6.45, 7) is 21.4. The van der Waals surface area contributed by atoms with Crippen molar-refractivity contribution in [1.82, 2.24) is 9.34 Å². The quantitative estimate of drug-likeness (QED) is 0.219. The molecule has 0 aliphatic heterocycles. The average molecular weight is 454 g/mol. The highest BCUT2D eigenvalue weighted by atomic mass is 32.2. The topological polar surface area (TPSA) is 77.3 Å². The van der Waals surface area contributed by atoms with Gasteiger partial charge in [-0.25, -0.2) is 9.34 Å². The van der Waals surface area contributed by atoms with Gasteiger partial charge in [-0.05, 0) is 62.3 Å². The summed E-state index contributed by atoms with van der Waals surface area (Å²) in [5.41, 5.74) is 5.75. The molecule has 2 atom stereocenters. The molecule has 0 aromatic carbocycles. The first-order valence-electron chi connectivity index (χ1n) is 10.5. The van der Waals surface area contributed by atoms with Crippen molar-refractivity contribution in [3.63, 3.8) is 0 Å². The number of hydrogen-bond acceptors (Lipinski definition) is 8. The van der Waals surface area contributed by atoms with Crippen LogP contribution < -0.4 is 5.73 Å². The number of nitrogens with two attached hydrogens (primary N) is 1. The minimum absolute atomic E-state index is 0.0359. The molecule has 7 nitrogen and oxygen atoms in total. The lowest BCUT2D eigenvalue weighted by atomic mass is 10.1. The Hall–Kier alpha value is 0.210. The van der Waals surface area contributed by atoms with Crippen LogP contribution in [0.4, 0.5) is 0 Å². The predicted octanol–water partition coefficient (Wildman–Crippen LogP) is 4.62. The molecule has 9 heteroatoms. The molecule has 0 fully saturated rings. The van der Waals surface area contributed by atoms with E-state index in [1.807, 2.05) is 13.8 Å². The Labute approximate surface area is 184 Å². The molecule has 174 valence electrons. The molecule has 2 N–H and O–H groups in total. The van der Waals surface area contributed by atoms with E-state index in [4.69, 9.17) is 19.7 Å². The second-order valence-corrected chi connectivity index (χ2v) is 11.0. The molecule has 0 amide bonds. The Kier molecular flexibility index (Phi) is 15.2. The van der Waals surface area contributed by atoms with E-state index in [0.29, 0.717) is 24.2 Å². The van der Waals surface area contributed by atoms with Crippen molar-refractivity contribution >= 4 is 25.3 Å². The Morgan fingerprint density at radius 2 is 1.28 bits per heavy atom. The fourth-order valence-corrected chi connectivity index (χ4v) is 5.89. The maximum atomic E-state index is 11.9. The van der Waals surface area contributed by atoms with Gasteiger partial charge in [0.2, 0.25) is 0 Å². The number of hydrogen-bond donors (Lipinski definition) is 1. The summed E-state index contributed by atoms with van der Waals surface area (Å²) in [5.74, 6) is 0.0614. The third-order valence-corrected chi connectivity index (χ3v) is 8.29. The zero-order valence-electron chi connectivity index (χ0n) is 20.0. The van der Waals surface area contributed by atoms with Crippen LogP contribution in [0.1, 0.15) is 69.2 Å². The fourth-order valence-electron chi connectivity index (χ4n) is 2.89. The van der Waals surface area contributed by atoms with E-state index < -0.39 is 8.45 Å². The molecule has 0 radical (unpaired) electrons. The third-order valence-electron chi connectivity index (χ3n) is 4.37. The van der Waals surface area contributed by atoms with Crippen molar-refractivity contribution in [3.05, 3.63) is 0 Å². The first-order valence-corrected chi connectivity index (χ1v) is 12.6. The number of carbonyl (C=O) groups is 1. The van der Waals surface area contributed by atoms with E-state index in [0.717, 1.165) is 11.8 Å². The van der Waals surface area contributed by atoms with E-state index >= 15 is 0 Å². The molecular formula is C20H44N3O4PS. The van der Waals surface area contributed by atoms with Crippen LogP contribution in [0.5, 0.6) is 0 Å². The van der Waals surface area contributed by atoms with E-state index in [2.05, 4.69) is 64.7 Å². The fraction of sp³-hybridized carbons (Fsp3) is 0.950. The summed E-state index contributed by atoms with van der Waals surface area (Å²) in [6.07, 6.45) is 0. The monoisotopic (exact) mass is 453 g/mol. The van der Waals surface area contributed by atoms with Gasteiger partial charge in [0, 0.05) is 36.1 Å². The van der Waals surface area contributed by atoms with E-state index in [-0.39, 0.29) is 36.6 Å². The van der Waals surface area contributed by atoms with E-state index in [1.54, 1.807) is 0 Å². The van der Waals surface area contributed by atoms with Crippen molar-refractivity contribution in [2.45, 2.75) is 99.4 Å². The van der Waals surface area contributed by atoms with E-state index in [9.17, 15) is 4.79 Å². The smallest absolute Gasteiger partial charge is 0.195 e. The van der Waals surface area contributed by atoms with Crippen molar-refractivity contribution in [3.8, 4) is 0 Å². The number of thioether (sulfide) groups is 1. The first kappa shape index (κ1) is 29.2. The second-order valence-electron chi connectivity index (χ2n) is 8.39. The molecule has 0 aromatic rings. The van der Waals surface area contributed by atoms with Crippen molar-refractivity contribution in [2.24, 2.45) is 11.7 Å². The zero-order valence-corrected chi connectivity index (χ0v) is 21.8. The summed E-state index contributed by atoms with van der Waals surface area (Å²) in [4.78, 5) is 11.9. The van der Waals surface area contributed by atoms with Gasteiger partial charge in [0.1, 0.15) is 5.94 Å². The van der Waals surface area contributed by atoms with Gasteiger partial charge in [-0.2, -0.15) is 0 Å². The molecule has 0 aromatic heterocycles. The lowest BCUT2D eigenvalue weighted by molar-refractivity contribution is -0.114. The molecule has 2 unspecified atom stereocenters. The summed E-state index contributed by atoms with van der Waals surface area (Å²) in [7, 11) is -0.983. The summed E-state index contributed by atoms with van der Waals surface area (Å²) in [5, 5.41) is 0.0359. The van der Waals surface area contributed by atoms with Crippen LogP contribution in [0.15, 0.2) is 0 Å². The SMILES string of the molecule is CC(N)C(C)C(=O)SCOCOCOP(N(C(C)C)C(C)C)N(C(C)C)C(C)C. The van der Waals surface area contributed by atoms with Crippen LogP contribution in [0.2, 0.25) is 0 Å². The Morgan fingerprint density at radius 1 is 0.828 bits per heavy atom. The van der Waals surface area contributed by atoms with Gasteiger partial charge in [0.15, 0.2) is 27.2 Å². The molecule has 0 bridgehead atoms. The minimum atomic E-state index is -0.983. The highest BCUT2D eigenvalue weighted by molar-refractivity contribution is 8.13. The lowest BCUT2D eigenvalue weighted by Gasteiger charge is -2.45. The maximum absolute atomic E-state index is 11.9. The van der Waals surface area contributed by atoms with Crippen LogP contribution in [0, 0.1) is 5.92 Å². The van der Waals surface area contributed by atoms with Gasteiger partial charge in [-0.15, -0.1) is 0 Å². The van der Waals surface area contributed by atoms with Crippen LogP contribution in [0.25, 0.3) is 0 Å². The second kappa shape index (κ2) is 15.1. The molecular weight excluding hydrogens is 409 g/mol. The normalized spacial score (nSPS) is 15.0. The first-order chi connectivity index (χ1) is 13.4. The average Bonchev–Trinajstić information content (AvgIpc) is 2.58. The Bertz CT molecular complexity index is 417. The zero-order chi connectivity index (χ0) is 22.7. The molecule has 0 saturated heterocycles. The van der Waals surface area contributed by atoms with Gasteiger partial charge in [0.25, 0.3) is 0 Å². The van der Waals surface area contributed by atoms with Crippen LogP contribution in [-0.2, 0) is 18.8 Å². The highest BCUT2D eigenvalue weighted by Gasteiger charge is 2.34. The lowest BCUT2D eigenvalue weighted by Crippen LogP contribution is -2.43. The summed E-state index contributed by atoms with van der Waals surface area (Å²) in [6, 6.07) is 1.26. The molecule has 0 heterocycles. The van der Waals surface area contributed by atoms with Crippen LogP contribution in [0.3, 0.4) is 0 Å². The van der Waals surface area contributed by atoms with Crippen molar-refractivity contribution in [2.75, 3.05) is 19.5 Å². The standard InChI is InChI=1S/C20H44N3O4PS/c1-14(2)22(15(3)4)28(23(16(5)6)17(7)8)27-12-25-11-26-13-29-20(24)18(9)19(10)21/h14-19H,11-13,21H2,1-10H3. The minimum Gasteiger partial charge on any atom is -0.344 e. The molecule has 29 heavy (non-hydrogen) atoms. The third kappa shape index (κ3) is 10.9. The summed E-state index contributed by atoms with van der Waals surface area (Å²) < 4.78 is 22.0. The predicted molar refractivity (Wildman–Crippen MR) is 124 cm³/mol. The molecule has 0 saturated carbocycles. The molecule has 0 aliphatic carbocycles. The van der Waals surface area contributed by atoms with Gasteiger partial charge in [-0.3, -0.25) is 4.79 Å². The Balaban J connectivity index is 4.63. The highest BCUT2D eigenvalue weighted by Crippen LogP contribution is 2.50. The molecule has 0 spiro atoms.